The molecule has 0 saturated carbocycles. The molecule has 0 aliphatic rings. The van der Waals surface area contributed by atoms with Gasteiger partial charge in [-0.2, -0.15) is 0 Å². The van der Waals surface area contributed by atoms with Gasteiger partial charge in [-0.25, -0.2) is 0 Å². The first-order valence-electron chi connectivity index (χ1n) is 5.98. The van der Waals surface area contributed by atoms with E-state index in [2.05, 4.69) is 0 Å². The predicted octanol–water partition coefficient (Wildman–Crippen LogP) is 4.17. The Kier molecular flexibility index (Phi) is 5.58. The number of aliphatic hydroxyl groups excluding tert-OH is 1. The molecule has 0 heterocycles. The van der Waals surface area contributed by atoms with Crippen molar-refractivity contribution < 1.29 is 9.84 Å². The third-order valence-electron chi connectivity index (χ3n) is 2.42. The Morgan fingerprint density at radius 1 is 1.00 bits per heavy atom. The summed E-state index contributed by atoms with van der Waals surface area (Å²) in [5, 5.41) is 9.39. The molecule has 1 N–H and O–H groups in total. The van der Waals surface area contributed by atoms with Gasteiger partial charge in [0.1, 0.15) is 11.5 Å². The largest absolute Gasteiger partial charge is 0.457 e. The van der Waals surface area contributed by atoms with Crippen molar-refractivity contribution in [3.8, 4) is 11.5 Å². The molecular weight excluding hydrogens is 280 g/mol. The molecule has 2 nitrogen and oxygen atoms in total. The van der Waals surface area contributed by atoms with Gasteiger partial charge in [0.15, 0.2) is 0 Å². The number of alkyl halides is 1. The first kappa shape index (κ1) is 14.3. The van der Waals surface area contributed by atoms with Crippen LogP contribution in [0.4, 0.5) is 0 Å². The Bertz CT molecular complexity index is 487. The quantitative estimate of drug-likeness (QED) is 0.640. The van der Waals surface area contributed by atoms with E-state index < -0.39 is 6.10 Å². The lowest BCUT2D eigenvalue weighted by Gasteiger charge is -2.08. The lowest BCUT2D eigenvalue weighted by molar-refractivity contribution is 0.223. The lowest BCUT2D eigenvalue weighted by Crippen LogP contribution is -2.10. The lowest BCUT2D eigenvalue weighted by atomic mass is 10.3. The predicted molar refractivity (Wildman–Crippen MR) is 80.4 cm³/mol. The van der Waals surface area contributed by atoms with E-state index in [1.807, 2.05) is 54.6 Å². The van der Waals surface area contributed by atoms with Crippen molar-refractivity contribution in [2.75, 3.05) is 11.6 Å². The number of para-hydroxylation sites is 1. The highest BCUT2D eigenvalue weighted by atomic mass is 35.5. The Morgan fingerprint density at radius 2 is 1.63 bits per heavy atom. The van der Waals surface area contributed by atoms with Crippen LogP contribution in [0.1, 0.15) is 0 Å². The van der Waals surface area contributed by atoms with Crippen LogP contribution in [0.15, 0.2) is 59.5 Å². The van der Waals surface area contributed by atoms with Crippen molar-refractivity contribution in [2.45, 2.75) is 11.0 Å². The van der Waals surface area contributed by atoms with Crippen LogP contribution in [0, 0.1) is 0 Å². The normalized spacial score (nSPS) is 12.1. The van der Waals surface area contributed by atoms with Crippen LogP contribution >= 0.6 is 23.4 Å². The Labute approximate surface area is 122 Å². The van der Waals surface area contributed by atoms with Gasteiger partial charge in [0.05, 0.1) is 6.10 Å². The molecule has 1 atom stereocenters. The van der Waals surface area contributed by atoms with Crippen molar-refractivity contribution in [1.29, 1.82) is 0 Å². The van der Waals surface area contributed by atoms with Gasteiger partial charge >= 0.3 is 0 Å². The molecule has 0 spiro atoms. The molecule has 0 amide bonds. The van der Waals surface area contributed by atoms with Crippen molar-refractivity contribution in [3.05, 3.63) is 54.6 Å². The minimum absolute atomic E-state index is 0.266. The van der Waals surface area contributed by atoms with E-state index in [4.69, 9.17) is 16.3 Å². The molecule has 1 unspecified atom stereocenters. The summed E-state index contributed by atoms with van der Waals surface area (Å²) < 4.78 is 5.70. The molecule has 2 aromatic carbocycles. The minimum Gasteiger partial charge on any atom is -0.457 e. The highest BCUT2D eigenvalue weighted by Gasteiger charge is 2.03. The van der Waals surface area contributed by atoms with Crippen LogP contribution in [0.25, 0.3) is 0 Å². The second kappa shape index (κ2) is 7.43. The van der Waals surface area contributed by atoms with Gasteiger partial charge in [-0.05, 0) is 36.4 Å². The molecule has 0 radical (unpaired) electrons. The number of hydrogen-bond acceptors (Lipinski definition) is 3. The molecule has 2 rings (SSSR count). The first-order chi connectivity index (χ1) is 9.28. The number of thioether (sulfide) groups is 1. The zero-order valence-corrected chi connectivity index (χ0v) is 11.9. The zero-order valence-electron chi connectivity index (χ0n) is 10.3. The number of halogens is 1. The van der Waals surface area contributed by atoms with Gasteiger partial charge < -0.3 is 9.84 Å². The summed E-state index contributed by atoms with van der Waals surface area (Å²) in [5.74, 6) is 2.49. The van der Waals surface area contributed by atoms with E-state index in [1.54, 1.807) is 11.8 Å². The maximum atomic E-state index is 9.39. The summed E-state index contributed by atoms with van der Waals surface area (Å²) in [6.45, 7) is 0. The monoisotopic (exact) mass is 294 g/mol. The number of hydrogen-bond donors (Lipinski definition) is 1. The second-order valence-electron chi connectivity index (χ2n) is 4.01. The molecular formula is C15H15ClO2S. The number of benzene rings is 2. The van der Waals surface area contributed by atoms with Crippen molar-refractivity contribution in [3.63, 3.8) is 0 Å². The van der Waals surface area contributed by atoms with Gasteiger partial charge in [-0.1, -0.05) is 18.2 Å². The van der Waals surface area contributed by atoms with E-state index in [0.717, 1.165) is 16.4 Å². The number of ether oxygens (including phenoxy) is 1. The van der Waals surface area contributed by atoms with Crippen LogP contribution in [-0.4, -0.2) is 22.8 Å². The molecule has 0 bridgehead atoms. The fourth-order valence-corrected chi connectivity index (χ4v) is 2.54. The van der Waals surface area contributed by atoms with Crippen LogP contribution in [-0.2, 0) is 0 Å². The van der Waals surface area contributed by atoms with E-state index in [0.29, 0.717) is 5.75 Å². The molecule has 0 aromatic heterocycles. The Hall–Kier alpha value is -1.16. The van der Waals surface area contributed by atoms with E-state index in [1.165, 1.54) is 0 Å². The van der Waals surface area contributed by atoms with E-state index >= 15 is 0 Å². The molecule has 19 heavy (non-hydrogen) atoms. The zero-order chi connectivity index (χ0) is 13.5. The van der Waals surface area contributed by atoms with Crippen molar-refractivity contribution in [2.24, 2.45) is 0 Å². The van der Waals surface area contributed by atoms with Gasteiger partial charge in [0, 0.05) is 16.5 Å². The van der Waals surface area contributed by atoms with Crippen LogP contribution < -0.4 is 4.74 Å². The molecule has 4 heteroatoms. The standard InChI is InChI=1S/C15H15ClO2S/c16-10-12(17)11-19-15-8-6-14(7-9-15)18-13-4-2-1-3-5-13/h1-9,12,17H,10-11H2. The van der Waals surface area contributed by atoms with E-state index in [9.17, 15) is 5.11 Å². The molecule has 0 saturated heterocycles. The molecule has 0 aliphatic carbocycles. The molecule has 0 aliphatic heterocycles. The summed E-state index contributed by atoms with van der Waals surface area (Å²) in [5.41, 5.74) is 0. The van der Waals surface area contributed by atoms with Crippen molar-refractivity contribution in [1.82, 2.24) is 0 Å². The van der Waals surface area contributed by atoms with Crippen molar-refractivity contribution >= 4 is 23.4 Å². The summed E-state index contributed by atoms with van der Waals surface area (Å²) in [6, 6.07) is 17.5. The second-order valence-corrected chi connectivity index (χ2v) is 5.41. The van der Waals surface area contributed by atoms with Gasteiger partial charge in [-0.15, -0.1) is 23.4 Å². The summed E-state index contributed by atoms with van der Waals surface area (Å²) >= 11 is 7.13. The smallest absolute Gasteiger partial charge is 0.127 e. The highest BCUT2D eigenvalue weighted by Crippen LogP contribution is 2.25. The highest BCUT2D eigenvalue weighted by molar-refractivity contribution is 7.99. The minimum atomic E-state index is -0.466. The summed E-state index contributed by atoms with van der Waals surface area (Å²) in [4.78, 5) is 1.09. The number of rotatable bonds is 6. The average Bonchev–Trinajstić information content (AvgIpc) is 2.47. The first-order valence-corrected chi connectivity index (χ1v) is 7.50. The Morgan fingerprint density at radius 3 is 2.26 bits per heavy atom. The topological polar surface area (TPSA) is 29.5 Å². The summed E-state index contributed by atoms with van der Waals surface area (Å²) in [7, 11) is 0. The van der Waals surface area contributed by atoms with Crippen LogP contribution in [0.3, 0.4) is 0 Å². The third-order valence-corrected chi connectivity index (χ3v) is 3.94. The summed E-state index contributed by atoms with van der Waals surface area (Å²) in [6.07, 6.45) is -0.466. The maximum Gasteiger partial charge on any atom is 0.127 e. The van der Waals surface area contributed by atoms with Gasteiger partial charge in [0.2, 0.25) is 0 Å². The average molecular weight is 295 g/mol. The molecule has 100 valence electrons. The fourth-order valence-electron chi connectivity index (χ4n) is 1.47. The van der Waals surface area contributed by atoms with E-state index in [-0.39, 0.29) is 5.88 Å². The van der Waals surface area contributed by atoms with Gasteiger partial charge in [-0.3, -0.25) is 0 Å². The SMILES string of the molecule is OC(CCl)CSc1ccc(Oc2ccccc2)cc1. The molecule has 0 fully saturated rings. The van der Waals surface area contributed by atoms with Gasteiger partial charge in [0.25, 0.3) is 0 Å². The number of aliphatic hydroxyl groups is 1. The third kappa shape index (κ3) is 4.78. The van der Waals surface area contributed by atoms with Crippen LogP contribution in [0.2, 0.25) is 0 Å². The fraction of sp³-hybridized carbons (Fsp3) is 0.200. The van der Waals surface area contributed by atoms with Crippen LogP contribution in [0.5, 0.6) is 11.5 Å². The maximum absolute atomic E-state index is 9.39. The molecule has 2 aromatic rings. The Balaban J connectivity index is 1.91.